The van der Waals surface area contributed by atoms with Crippen LogP contribution >= 0.6 is 15.9 Å². The van der Waals surface area contributed by atoms with Crippen molar-refractivity contribution < 1.29 is 0 Å². The van der Waals surface area contributed by atoms with Crippen molar-refractivity contribution in [3.63, 3.8) is 0 Å². The van der Waals surface area contributed by atoms with E-state index < -0.39 is 0 Å². The van der Waals surface area contributed by atoms with Gasteiger partial charge in [-0.25, -0.2) is 0 Å². The molecule has 2 heteroatoms. The van der Waals surface area contributed by atoms with Gasteiger partial charge in [-0.3, -0.25) is 0 Å². The second-order valence-corrected chi connectivity index (χ2v) is 4.58. The zero-order valence-corrected chi connectivity index (χ0v) is 9.18. The summed E-state index contributed by atoms with van der Waals surface area (Å²) in [6.45, 7) is 0.781. The van der Waals surface area contributed by atoms with Gasteiger partial charge in [0.1, 0.15) is 0 Å². The Labute approximate surface area is 87.5 Å². The Kier molecular flexibility index (Phi) is 2.70. The second-order valence-electron chi connectivity index (χ2n) is 3.67. The molecule has 0 spiro atoms. The van der Waals surface area contributed by atoms with Gasteiger partial charge in [0.25, 0.3) is 0 Å². The van der Waals surface area contributed by atoms with E-state index in [2.05, 4.69) is 34.1 Å². The lowest BCUT2D eigenvalue weighted by Gasteiger charge is -2.24. The Morgan fingerprint density at radius 2 is 2.31 bits per heavy atom. The van der Waals surface area contributed by atoms with Crippen LogP contribution in [0.15, 0.2) is 22.7 Å². The van der Waals surface area contributed by atoms with Crippen LogP contribution in [-0.2, 0) is 6.42 Å². The summed E-state index contributed by atoms with van der Waals surface area (Å²) in [6, 6.07) is 6.57. The number of hydrogen-bond donors (Lipinski definition) is 1. The standard InChI is InChI=1S/C11H14BrN/c12-10-5-4-8-2-1-3-9(7-13)11(8)6-10/h4-6,9H,1-3,7,13H2. The molecule has 0 bridgehead atoms. The van der Waals surface area contributed by atoms with Crippen LogP contribution < -0.4 is 5.73 Å². The van der Waals surface area contributed by atoms with Crippen molar-refractivity contribution in [1.82, 2.24) is 0 Å². The smallest absolute Gasteiger partial charge is 0.0178 e. The summed E-state index contributed by atoms with van der Waals surface area (Å²) < 4.78 is 1.17. The molecule has 70 valence electrons. The highest BCUT2D eigenvalue weighted by molar-refractivity contribution is 9.10. The van der Waals surface area contributed by atoms with Gasteiger partial charge in [0.05, 0.1) is 0 Å². The van der Waals surface area contributed by atoms with E-state index in [1.807, 2.05) is 0 Å². The predicted octanol–water partition coefficient (Wildman–Crippen LogP) is 2.83. The SMILES string of the molecule is NCC1CCCc2ccc(Br)cc21. The number of benzene rings is 1. The van der Waals surface area contributed by atoms with Crippen LogP contribution in [0.4, 0.5) is 0 Å². The second kappa shape index (κ2) is 3.81. The predicted molar refractivity (Wildman–Crippen MR) is 58.9 cm³/mol. The van der Waals surface area contributed by atoms with Crippen molar-refractivity contribution in [3.8, 4) is 0 Å². The fraction of sp³-hybridized carbons (Fsp3) is 0.455. The molecule has 2 rings (SSSR count). The minimum atomic E-state index is 0.584. The van der Waals surface area contributed by atoms with Gasteiger partial charge in [0.15, 0.2) is 0 Å². The summed E-state index contributed by atoms with van der Waals surface area (Å²) in [5, 5.41) is 0. The average molecular weight is 240 g/mol. The van der Waals surface area contributed by atoms with Crippen molar-refractivity contribution in [2.24, 2.45) is 5.73 Å². The summed E-state index contributed by atoms with van der Waals surface area (Å²) >= 11 is 3.51. The third-order valence-electron chi connectivity index (χ3n) is 2.83. The lowest BCUT2D eigenvalue weighted by molar-refractivity contribution is 0.560. The van der Waals surface area contributed by atoms with E-state index in [-0.39, 0.29) is 0 Å². The lowest BCUT2D eigenvalue weighted by atomic mass is 9.83. The van der Waals surface area contributed by atoms with Gasteiger partial charge in [-0.2, -0.15) is 0 Å². The number of aryl methyl sites for hydroxylation is 1. The molecule has 2 N–H and O–H groups in total. The van der Waals surface area contributed by atoms with E-state index in [0.717, 1.165) is 6.54 Å². The first-order chi connectivity index (χ1) is 6.31. The monoisotopic (exact) mass is 239 g/mol. The number of halogens is 1. The molecular weight excluding hydrogens is 226 g/mol. The van der Waals surface area contributed by atoms with Crippen LogP contribution in [0.25, 0.3) is 0 Å². The molecule has 0 amide bonds. The topological polar surface area (TPSA) is 26.0 Å². The highest BCUT2D eigenvalue weighted by atomic mass is 79.9. The first-order valence-electron chi connectivity index (χ1n) is 4.79. The number of nitrogens with two attached hydrogens (primary N) is 1. The molecular formula is C11H14BrN. The molecule has 1 nitrogen and oxygen atoms in total. The van der Waals surface area contributed by atoms with E-state index in [9.17, 15) is 0 Å². The molecule has 1 aliphatic carbocycles. The van der Waals surface area contributed by atoms with Gasteiger partial charge in [0, 0.05) is 4.47 Å². The summed E-state index contributed by atoms with van der Waals surface area (Å²) in [6.07, 6.45) is 3.76. The van der Waals surface area contributed by atoms with Gasteiger partial charge in [-0.1, -0.05) is 22.0 Å². The minimum absolute atomic E-state index is 0.584. The highest BCUT2D eigenvalue weighted by Gasteiger charge is 2.18. The molecule has 0 radical (unpaired) electrons. The molecule has 1 atom stereocenters. The molecule has 1 aromatic rings. The van der Waals surface area contributed by atoms with Crippen molar-refractivity contribution in [2.45, 2.75) is 25.2 Å². The third-order valence-corrected chi connectivity index (χ3v) is 3.32. The number of fused-ring (bicyclic) bond motifs is 1. The lowest BCUT2D eigenvalue weighted by Crippen LogP contribution is -2.18. The normalized spacial score (nSPS) is 21.2. The third kappa shape index (κ3) is 1.79. The molecule has 0 saturated heterocycles. The van der Waals surface area contributed by atoms with Gasteiger partial charge < -0.3 is 5.73 Å². The van der Waals surface area contributed by atoms with Crippen LogP contribution in [0.1, 0.15) is 29.9 Å². The van der Waals surface area contributed by atoms with E-state index >= 15 is 0 Å². The van der Waals surface area contributed by atoms with Crippen LogP contribution in [0.5, 0.6) is 0 Å². The van der Waals surface area contributed by atoms with Crippen LogP contribution in [0.3, 0.4) is 0 Å². The largest absolute Gasteiger partial charge is 0.330 e. The summed E-state index contributed by atoms with van der Waals surface area (Å²) in [4.78, 5) is 0. The Morgan fingerprint density at radius 1 is 1.46 bits per heavy atom. The summed E-state index contributed by atoms with van der Waals surface area (Å²) in [5.74, 6) is 0.584. The Bertz CT molecular complexity index is 309. The molecule has 0 fully saturated rings. The molecule has 1 aromatic carbocycles. The molecule has 0 aliphatic heterocycles. The van der Waals surface area contributed by atoms with Crippen LogP contribution in [0, 0.1) is 0 Å². The quantitative estimate of drug-likeness (QED) is 0.802. The zero-order chi connectivity index (χ0) is 9.26. The van der Waals surface area contributed by atoms with Crippen molar-refractivity contribution in [1.29, 1.82) is 0 Å². The first kappa shape index (κ1) is 9.22. The fourth-order valence-corrected chi connectivity index (χ4v) is 2.49. The molecule has 13 heavy (non-hydrogen) atoms. The Hall–Kier alpha value is -0.340. The average Bonchev–Trinajstić information content (AvgIpc) is 2.17. The maximum absolute atomic E-state index is 5.75. The minimum Gasteiger partial charge on any atom is -0.330 e. The fourth-order valence-electron chi connectivity index (χ4n) is 2.11. The maximum atomic E-state index is 5.75. The summed E-state index contributed by atoms with van der Waals surface area (Å²) in [5.41, 5.74) is 8.70. The Morgan fingerprint density at radius 3 is 3.08 bits per heavy atom. The van der Waals surface area contributed by atoms with Crippen molar-refractivity contribution >= 4 is 15.9 Å². The maximum Gasteiger partial charge on any atom is 0.0178 e. The van der Waals surface area contributed by atoms with E-state index in [1.54, 1.807) is 0 Å². The molecule has 0 saturated carbocycles. The van der Waals surface area contributed by atoms with Crippen molar-refractivity contribution in [3.05, 3.63) is 33.8 Å². The van der Waals surface area contributed by atoms with Crippen LogP contribution in [-0.4, -0.2) is 6.54 Å². The van der Waals surface area contributed by atoms with E-state index in [0.29, 0.717) is 5.92 Å². The number of hydrogen-bond acceptors (Lipinski definition) is 1. The van der Waals surface area contributed by atoms with Crippen LogP contribution in [0.2, 0.25) is 0 Å². The zero-order valence-electron chi connectivity index (χ0n) is 7.59. The first-order valence-corrected chi connectivity index (χ1v) is 5.59. The molecule has 0 heterocycles. The van der Waals surface area contributed by atoms with Gasteiger partial charge in [-0.15, -0.1) is 0 Å². The van der Waals surface area contributed by atoms with E-state index in [1.165, 1.54) is 34.9 Å². The molecule has 0 aromatic heterocycles. The van der Waals surface area contributed by atoms with Crippen molar-refractivity contribution in [2.75, 3.05) is 6.54 Å². The van der Waals surface area contributed by atoms with Gasteiger partial charge >= 0.3 is 0 Å². The Balaban J connectivity index is 2.41. The van der Waals surface area contributed by atoms with E-state index in [4.69, 9.17) is 5.73 Å². The molecule has 1 aliphatic rings. The summed E-state index contributed by atoms with van der Waals surface area (Å²) in [7, 11) is 0. The van der Waals surface area contributed by atoms with Gasteiger partial charge in [-0.05, 0) is 55.0 Å². The highest BCUT2D eigenvalue weighted by Crippen LogP contribution is 2.32. The number of rotatable bonds is 1. The molecule has 1 unspecified atom stereocenters. The van der Waals surface area contributed by atoms with Gasteiger partial charge in [0.2, 0.25) is 0 Å².